The first-order chi connectivity index (χ1) is 8.65. The van der Waals surface area contributed by atoms with Crippen LogP contribution in [0.2, 0.25) is 0 Å². The zero-order valence-electron chi connectivity index (χ0n) is 10.1. The predicted octanol–water partition coefficient (Wildman–Crippen LogP) is 0.489. The summed E-state index contributed by atoms with van der Waals surface area (Å²) in [6, 6.07) is 5.28. The Balaban J connectivity index is 2.47. The molecule has 0 spiro atoms. The molecule has 2 rings (SSSR count). The van der Waals surface area contributed by atoms with Gasteiger partial charge in [-0.2, -0.15) is 5.10 Å². The van der Waals surface area contributed by atoms with Crippen LogP contribution in [0, 0.1) is 0 Å². The molecule has 0 bridgehead atoms. The van der Waals surface area contributed by atoms with Gasteiger partial charge in [0, 0.05) is 5.56 Å². The van der Waals surface area contributed by atoms with Gasteiger partial charge in [0.25, 0.3) is 5.91 Å². The molecule has 0 fully saturated rings. The van der Waals surface area contributed by atoms with E-state index in [0.29, 0.717) is 22.6 Å². The molecule has 0 aliphatic carbocycles. The highest BCUT2D eigenvalue weighted by atomic mass is 16.5. The molecule has 1 amide bonds. The maximum atomic E-state index is 11.5. The highest BCUT2D eigenvalue weighted by Crippen LogP contribution is 2.26. The maximum absolute atomic E-state index is 11.5. The monoisotopic (exact) mass is 247 g/mol. The zero-order chi connectivity index (χ0) is 13.1. The van der Waals surface area contributed by atoms with Crippen molar-refractivity contribution in [2.24, 2.45) is 10.8 Å². The number of rotatable bonds is 3. The smallest absolute Gasteiger partial charge is 0.275 e. The normalized spacial score (nSPS) is 16.4. The fourth-order valence-electron chi connectivity index (χ4n) is 1.59. The Bertz CT molecular complexity index is 549. The summed E-state index contributed by atoms with van der Waals surface area (Å²) >= 11 is 0. The van der Waals surface area contributed by atoms with E-state index in [1.54, 1.807) is 38.5 Å². The summed E-state index contributed by atoms with van der Waals surface area (Å²) in [5.41, 5.74) is 8.90. The van der Waals surface area contributed by atoms with Gasteiger partial charge in [0.1, 0.15) is 11.5 Å². The van der Waals surface area contributed by atoms with Gasteiger partial charge in [0.15, 0.2) is 5.84 Å². The third-order valence-corrected chi connectivity index (χ3v) is 2.54. The van der Waals surface area contributed by atoms with Crippen LogP contribution in [-0.2, 0) is 4.79 Å². The molecule has 6 heteroatoms. The number of hydrazone groups is 1. The standard InChI is InChI=1S/C12H13N3O3/c1-17-8-3-4-10(18-2)7(5-8)6-9-11(13)14-15-12(9)16/h3-6H,1-2H3,(H2,13,14)(H,15,16)/b9-6-. The summed E-state index contributed by atoms with van der Waals surface area (Å²) in [6.45, 7) is 0. The van der Waals surface area contributed by atoms with Crippen molar-refractivity contribution in [3.8, 4) is 11.5 Å². The van der Waals surface area contributed by atoms with E-state index in [4.69, 9.17) is 15.2 Å². The molecule has 1 aromatic rings. The first-order valence-corrected chi connectivity index (χ1v) is 5.23. The molecular weight excluding hydrogens is 234 g/mol. The molecule has 0 radical (unpaired) electrons. The van der Waals surface area contributed by atoms with Crippen molar-refractivity contribution in [3.05, 3.63) is 29.3 Å². The van der Waals surface area contributed by atoms with Gasteiger partial charge in [-0.3, -0.25) is 4.79 Å². The molecule has 1 aliphatic heterocycles. The van der Waals surface area contributed by atoms with Crippen LogP contribution in [0.1, 0.15) is 5.56 Å². The van der Waals surface area contributed by atoms with E-state index in [9.17, 15) is 4.79 Å². The van der Waals surface area contributed by atoms with Crippen LogP contribution < -0.4 is 20.6 Å². The first kappa shape index (κ1) is 12.0. The van der Waals surface area contributed by atoms with E-state index in [2.05, 4.69) is 10.5 Å². The molecule has 0 unspecified atom stereocenters. The van der Waals surface area contributed by atoms with Crippen LogP contribution in [0.4, 0.5) is 0 Å². The molecular formula is C12H13N3O3. The molecule has 3 N–H and O–H groups in total. The number of methoxy groups -OCH3 is 2. The Hall–Kier alpha value is -2.50. The Labute approximate surface area is 104 Å². The summed E-state index contributed by atoms with van der Waals surface area (Å²) < 4.78 is 10.3. The second-order valence-corrected chi connectivity index (χ2v) is 3.60. The number of nitrogens with zero attached hydrogens (tertiary/aromatic N) is 1. The number of hydrogen-bond donors (Lipinski definition) is 2. The van der Waals surface area contributed by atoms with Gasteiger partial charge in [0.2, 0.25) is 0 Å². The fourth-order valence-corrected chi connectivity index (χ4v) is 1.59. The number of amidine groups is 1. The van der Waals surface area contributed by atoms with Crippen molar-refractivity contribution in [3.63, 3.8) is 0 Å². The number of hydrogen-bond acceptors (Lipinski definition) is 5. The van der Waals surface area contributed by atoms with Gasteiger partial charge < -0.3 is 15.2 Å². The molecule has 1 aromatic carbocycles. The van der Waals surface area contributed by atoms with Crippen LogP contribution in [-0.4, -0.2) is 26.0 Å². The zero-order valence-corrected chi connectivity index (χ0v) is 10.1. The van der Waals surface area contributed by atoms with Crippen molar-refractivity contribution in [1.82, 2.24) is 5.43 Å². The lowest BCUT2D eigenvalue weighted by molar-refractivity contribution is -0.116. The van der Waals surface area contributed by atoms with Crippen LogP contribution in [0.15, 0.2) is 28.9 Å². The van der Waals surface area contributed by atoms with Crippen LogP contribution in [0.5, 0.6) is 11.5 Å². The summed E-state index contributed by atoms with van der Waals surface area (Å²) in [7, 11) is 3.12. The number of amides is 1. The maximum Gasteiger partial charge on any atom is 0.275 e. The molecule has 18 heavy (non-hydrogen) atoms. The first-order valence-electron chi connectivity index (χ1n) is 5.23. The molecule has 0 aromatic heterocycles. The number of ether oxygens (including phenoxy) is 2. The molecule has 94 valence electrons. The summed E-state index contributed by atoms with van der Waals surface area (Å²) in [5, 5.41) is 3.65. The quantitative estimate of drug-likeness (QED) is 0.761. The lowest BCUT2D eigenvalue weighted by Crippen LogP contribution is -2.16. The van der Waals surface area contributed by atoms with Crippen molar-refractivity contribution >= 4 is 17.8 Å². The minimum absolute atomic E-state index is 0.157. The predicted molar refractivity (Wildman–Crippen MR) is 67.3 cm³/mol. The third kappa shape index (κ3) is 2.13. The van der Waals surface area contributed by atoms with Crippen molar-refractivity contribution in [1.29, 1.82) is 0 Å². The van der Waals surface area contributed by atoms with Crippen LogP contribution in [0.25, 0.3) is 6.08 Å². The Morgan fingerprint density at radius 2 is 2.11 bits per heavy atom. The number of benzene rings is 1. The van der Waals surface area contributed by atoms with Crippen LogP contribution >= 0.6 is 0 Å². The van der Waals surface area contributed by atoms with Gasteiger partial charge in [-0.05, 0) is 24.3 Å². The highest BCUT2D eigenvalue weighted by Gasteiger charge is 2.20. The van der Waals surface area contributed by atoms with Gasteiger partial charge in [-0.25, -0.2) is 5.43 Å². The second kappa shape index (κ2) is 4.79. The molecule has 1 aliphatic rings. The fraction of sp³-hybridized carbons (Fsp3) is 0.167. The Kier molecular flexibility index (Phi) is 3.18. The largest absolute Gasteiger partial charge is 0.497 e. The number of carbonyl (C=O) groups excluding carboxylic acids is 1. The van der Waals surface area contributed by atoms with E-state index in [-0.39, 0.29) is 11.7 Å². The molecule has 0 saturated heterocycles. The van der Waals surface area contributed by atoms with Gasteiger partial charge in [-0.1, -0.05) is 0 Å². The lowest BCUT2D eigenvalue weighted by Gasteiger charge is -2.07. The minimum atomic E-state index is -0.336. The lowest BCUT2D eigenvalue weighted by atomic mass is 10.1. The second-order valence-electron chi connectivity index (χ2n) is 3.60. The number of nitrogens with one attached hydrogen (secondary N) is 1. The van der Waals surface area contributed by atoms with Gasteiger partial charge >= 0.3 is 0 Å². The molecule has 6 nitrogen and oxygen atoms in total. The number of nitrogens with two attached hydrogens (primary N) is 1. The number of carbonyl (C=O) groups is 1. The Morgan fingerprint density at radius 1 is 1.33 bits per heavy atom. The Morgan fingerprint density at radius 3 is 2.67 bits per heavy atom. The van der Waals surface area contributed by atoms with Gasteiger partial charge in [-0.15, -0.1) is 0 Å². The van der Waals surface area contributed by atoms with Crippen molar-refractivity contribution < 1.29 is 14.3 Å². The van der Waals surface area contributed by atoms with Crippen LogP contribution in [0.3, 0.4) is 0 Å². The van der Waals surface area contributed by atoms with E-state index < -0.39 is 0 Å². The average Bonchev–Trinajstić information content (AvgIpc) is 2.70. The average molecular weight is 247 g/mol. The van der Waals surface area contributed by atoms with Crippen molar-refractivity contribution in [2.45, 2.75) is 0 Å². The summed E-state index contributed by atoms with van der Waals surface area (Å²) in [5.74, 6) is 1.11. The van der Waals surface area contributed by atoms with E-state index in [1.165, 1.54) is 0 Å². The highest BCUT2D eigenvalue weighted by molar-refractivity contribution is 6.26. The molecule has 0 atom stereocenters. The van der Waals surface area contributed by atoms with Crippen molar-refractivity contribution in [2.75, 3.05) is 14.2 Å². The summed E-state index contributed by atoms with van der Waals surface area (Å²) in [6.07, 6.45) is 1.61. The van der Waals surface area contributed by atoms with E-state index in [1.807, 2.05) is 0 Å². The molecule has 1 heterocycles. The third-order valence-electron chi connectivity index (χ3n) is 2.54. The van der Waals surface area contributed by atoms with Gasteiger partial charge in [0.05, 0.1) is 19.8 Å². The van der Waals surface area contributed by atoms with E-state index in [0.717, 1.165) is 0 Å². The SMILES string of the molecule is COc1ccc(OC)c(/C=C2\C(=O)NN=C2N)c1. The topological polar surface area (TPSA) is 85.9 Å². The minimum Gasteiger partial charge on any atom is -0.497 e. The summed E-state index contributed by atoms with van der Waals surface area (Å²) in [4.78, 5) is 11.5. The molecule has 0 saturated carbocycles. The van der Waals surface area contributed by atoms with E-state index >= 15 is 0 Å².